The van der Waals surface area contributed by atoms with Gasteiger partial charge in [0, 0.05) is 31.5 Å². The molecule has 0 saturated heterocycles. The SMILES string of the molecule is CC1CC(=O)Nc2ccccc2N1C(=O)CN(C)c1cc(Cl)nc(C2CC2)n1. The van der Waals surface area contributed by atoms with Crippen LogP contribution in [-0.2, 0) is 9.59 Å². The van der Waals surface area contributed by atoms with Crippen LogP contribution in [0, 0.1) is 0 Å². The van der Waals surface area contributed by atoms with E-state index in [1.807, 2.05) is 32.2 Å². The van der Waals surface area contributed by atoms with Gasteiger partial charge < -0.3 is 15.1 Å². The predicted octanol–water partition coefficient (Wildman–Crippen LogP) is 3.21. The van der Waals surface area contributed by atoms with E-state index >= 15 is 0 Å². The smallest absolute Gasteiger partial charge is 0.246 e. The molecule has 1 atom stereocenters. The van der Waals surface area contributed by atoms with Gasteiger partial charge in [0.2, 0.25) is 11.8 Å². The molecule has 1 aromatic heterocycles. The van der Waals surface area contributed by atoms with Gasteiger partial charge in [-0.05, 0) is 31.9 Å². The van der Waals surface area contributed by atoms with Crippen molar-refractivity contribution in [1.82, 2.24) is 9.97 Å². The zero-order chi connectivity index (χ0) is 19.8. The predicted molar refractivity (Wildman–Crippen MR) is 109 cm³/mol. The molecule has 2 aliphatic rings. The van der Waals surface area contributed by atoms with Gasteiger partial charge in [0.05, 0.1) is 17.9 Å². The van der Waals surface area contributed by atoms with Gasteiger partial charge in [-0.1, -0.05) is 23.7 Å². The molecule has 1 fully saturated rings. The van der Waals surface area contributed by atoms with Gasteiger partial charge in [-0.3, -0.25) is 9.59 Å². The topological polar surface area (TPSA) is 78.4 Å². The molecule has 0 spiro atoms. The van der Waals surface area contributed by atoms with Crippen LogP contribution < -0.4 is 15.1 Å². The lowest BCUT2D eigenvalue weighted by molar-refractivity contribution is -0.118. The molecule has 2 amide bonds. The first kappa shape index (κ1) is 18.7. The summed E-state index contributed by atoms with van der Waals surface area (Å²) < 4.78 is 0. The Labute approximate surface area is 168 Å². The van der Waals surface area contributed by atoms with Crippen molar-refractivity contribution in [3.05, 3.63) is 41.3 Å². The minimum Gasteiger partial charge on any atom is -0.350 e. The fourth-order valence-corrected chi connectivity index (χ4v) is 3.65. The number of amides is 2. The third kappa shape index (κ3) is 3.80. The van der Waals surface area contributed by atoms with Crippen molar-refractivity contribution >= 4 is 40.6 Å². The summed E-state index contributed by atoms with van der Waals surface area (Å²) >= 11 is 6.16. The molecule has 7 nitrogen and oxygen atoms in total. The van der Waals surface area contributed by atoms with Gasteiger partial charge in [0.15, 0.2) is 0 Å². The first-order valence-electron chi connectivity index (χ1n) is 9.39. The van der Waals surface area contributed by atoms with E-state index in [9.17, 15) is 9.59 Å². The monoisotopic (exact) mass is 399 g/mol. The van der Waals surface area contributed by atoms with Crippen molar-refractivity contribution in [1.29, 1.82) is 0 Å². The van der Waals surface area contributed by atoms with Gasteiger partial charge in [0.1, 0.15) is 16.8 Å². The van der Waals surface area contributed by atoms with Crippen molar-refractivity contribution in [2.24, 2.45) is 0 Å². The second-order valence-corrected chi connectivity index (χ2v) is 7.81. The molecule has 0 bridgehead atoms. The number of hydrogen-bond acceptors (Lipinski definition) is 5. The summed E-state index contributed by atoms with van der Waals surface area (Å²) in [5.74, 6) is 1.53. The number of aromatic nitrogens is 2. The molecule has 1 aliphatic carbocycles. The lowest BCUT2D eigenvalue weighted by Gasteiger charge is -2.30. The largest absolute Gasteiger partial charge is 0.350 e. The van der Waals surface area contributed by atoms with Crippen LogP contribution in [0.25, 0.3) is 0 Å². The van der Waals surface area contributed by atoms with Crippen LogP contribution in [0.2, 0.25) is 5.15 Å². The van der Waals surface area contributed by atoms with Gasteiger partial charge in [-0.15, -0.1) is 0 Å². The third-order valence-corrected chi connectivity index (χ3v) is 5.23. The van der Waals surface area contributed by atoms with E-state index in [1.165, 1.54) is 0 Å². The Kier molecular flexibility index (Phi) is 4.93. The molecule has 2 aromatic rings. The lowest BCUT2D eigenvalue weighted by atomic mass is 10.1. The Hall–Kier alpha value is -2.67. The Morgan fingerprint density at radius 3 is 2.82 bits per heavy atom. The first-order chi connectivity index (χ1) is 13.4. The third-order valence-electron chi connectivity index (χ3n) is 5.03. The Morgan fingerprint density at radius 2 is 2.07 bits per heavy atom. The maximum atomic E-state index is 13.2. The van der Waals surface area contributed by atoms with Crippen molar-refractivity contribution in [2.75, 3.05) is 28.7 Å². The van der Waals surface area contributed by atoms with Crippen LogP contribution in [-0.4, -0.2) is 41.4 Å². The molecular weight excluding hydrogens is 378 g/mol. The first-order valence-corrected chi connectivity index (χ1v) is 9.76. The summed E-state index contributed by atoms with van der Waals surface area (Å²) in [5, 5.41) is 3.26. The second-order valence-electron chi connectivity index (χ2n) is 7.42. The number of halogens is 1. The summed E-state index contributed by atoms with van der Waals surface area (Å²) in [6, 6.07) is 8.78. The van der Waals surface area contributed by atoms with Crippen LogP contribution in [0.5, 0.6) is 0 Å². The number of hydrogen-bond donors (Lipinski definition) is 1. The maximum Gasteiger partial charge on any atom is 0.246 e. The van der Waals surface area contributed by atoms with E-state index in [0.717, 1.165) is 18.7 Å². The molecule has 1 saturated carbocycles. The van der Waals surface area contributed by atoms with E-state index in [2.05, 4.69) is 15.3 Å². The normalized spacial score (nSPS) is 18.9. The molecular formula is C20H22ClN5O2. The van der Waals surface area contributed by atoms with Crippen molar-refractivity contribution < 1.29 is 9.59 Å². The standard InChI is InChI=1S/C20H22ClN5O2/c1-12-9-18(27)22-14-5-3-4-6-15(14)26(12)19(28)11-25(2)17-10-16(21)23-20(24-17)13-7-8-13/h3-6,10,12-13H,7-9,11H2,1-2H3,(H,22,27). The zero-order valence-corrected chi connectivity index (χ0v) is 16.6. The average molecular weight is 400 g/mol. The summed E-state index contributed by atoms with van der Waals surface area (Å²) in [6.07, 6.45) is 2.40. The highest BCUT2D eigenvalue weighted by atomic mass is 35.5. The lowest BCUT2D eigenvalue weighted by Crippen LogP contribution is -2.44. The molecule has 1 unspecified atom stereocenters. The second kappa shape index (κ2) is 7.39. The summed E-state index contributed by atoms with van der Waals surface area (Å²) in [6.45, 7) is 2.00. The van der Waals surface area contributed by atoms with E-state index in [4.69, 9.17) is 11.6 Å². The fraction of sp³-hybridized carbons (Fsp3) is 0.400. The van der Waals surface area contributed by atoms with Gasteiger partial charge in [0.25, 0.3) is 0 Å². The number of rotatable bonds is 4. The molecule has 146 valence electrons. The van der Waals surface area contributed by atoms with Gasteiger partial charge in [-0.25, -0.2) is 9.97 Å². The van der Waals surface area contributed by atoms with Crippen molar-refractivity contribution in [3.63, 3.8) is 0 Å². The van der Waals surface area contributed by atoms with Crippen LogP contribution in [0.1, 0.15) is 37.9 Å². The highest BCUT2D eigenvalue weighted by Gasteiger charge is 2.31. The summed E-state index contributed by atoms with van der Waals surface area (Å²) in [4.78, 5) is 37.7. The number of carbonyl (C=O) groups is 2. The molecule has 0 radical (unpaired) electrons. The number of fused-ring (bicyclic) bond motifs is 1. The van der Waals surface area contributed by atoms with Crippen LogP contribution >= 0.6 is 11.6 Å². The minimum absolute atomic E-state index is 0.0970. The Bertz CT molecular complexity index is 931. The average Bonchev–Trinajstić information content (AvgIpc) is 3.47. The number of anilines is 3. The molecule has 2 heterocycles. The van der Waals surface area contributed by atoms with E-state index in [0.29, 0.717) is 28.3 Å². The maximum absolute atomic E-state index is 13.2. The fourth-order valence-electron chi connectivity index (χ4n) is 3.47. The molecule has 1 aromatic carbocycles. The molecule has 1 N–H and O–H groups in total. The number of para-hydroxylation sites is 2. The number of likely N-dealkylation sites (N-methyl/N-ethyl adjacent to an activating group) is 1. The Morgan fingerprint density at radius 1 is 1.32 bits per heavy atom. The van der Waals surface area contributed by atoms with E-state index < -0.39 is 0 Å². The van der Waals surface area contributed by atoms with Crippen molar-refractivity contribution in [2.45, 2.75) is 38.1 Å². The number of carbonyl (C=O) groups excluding carboxylic acids is 2. The van der Waals surface area contributed by atoms with Crippen LogP contribution in [0.15, 0.2) is 30.3 Å². The zero-order valence-electron chi connectivity index (χ0n) is 15.9. The van der Waals surface area contributed by atoms with Crippen molar-refractivity contribution in [3.8, 4) is 0 Å². The Balaban J connectivity index is 1.58. The van der Waals surface area contributed by atoms with E-state index in [-0.39, 0.29) is 30.8 Å². The van der Waals surface area contributed by atoms with Crippen LogP contribution in [0.4, 0.5) is 17.2 Å². The number of benzene rings is 1. The highest BCUT2D eigenvalue weighted by Crippen LogP contribution is 2.39. The van der Waals surface area contributed by atoms with Gasteiger partial charge >= 0.3 is 0 Å². The minimum atomic E-state index is -0.249. The molecule has 28 heavy (non-hydrogen) atoms. The van der Waals surface area contributed by atoms with E-state index in [1.54, 1.807) is 21.9 Å². The quantitative estimate of drug-likeness (QED) is 0.798. The molecule has 1 aliphatic heterocycles. The molecule has 8 heteroatoms. The highest BCUT2D eigenvalue weighted by molar-refractivity contribution is 6.29. The van der Waals surface area contributed by atoms with Crippen LogP contribution in [0.3, 0.4) is 0 Å². The number of nitrogens with one attached hydrogen (secondary N) is 1. The summed E-state index contributed by atoms with van der Waals surface area (Å²) in [5.41, 5.74) is 1.35. The number of nitrogens with zero attached hydrogens (tertiary/aromatic N) is 4. The summed E-state index contributed by atoms with van der Waals surface area (Å²) in [7, 11) is 1.81. The molecule has 4 rings (SSSR count). The van der Waals surface area contributed by atoms with Gasteiger partial charge in [-0.2, -0.15) is 0 Å².